The number of halogens is 2. The zero-order chi connectivity index (χ0) is 24.4. The predicted octanol–water partition coefficient (Wildman–Crippen LogP) is 4.01. The number of anilines is 1. The van der Waals surface area contributed by atoms with Gasteiger partial charge in [0.15, 0.2) is 5.69 Å². The molecule has 0 radical (unpaired) electrons. The zero-order valence-corrected chi connectivity index (χ0v) is 19.2. The van der Waals surface area contributed by atoms with Crippen LogP contribution in [0, 0.1) is 5.82 Å². The second kappa shape index (κ2) is 9.71. The van der Waals surface area contributed by atoms with Crippen molar-refractivity contribution in [2.45, 2.75) is 6.42 Å². The minimum absolute atomic E-state index is 0.0213. The van der Waals surface area contributed by atoms with Crippen molar-refractivity contribution in [1.82, 2.24) is 9.78 Å². The summed E-state index contributed by atoms with van der Waals surface area (Å²) in [6, 6.07) is 20.2. The van der Waals surface area contributed by atoms with Crippen LogP contribution in [-0.2, 0) is 0 Å². The number of hydrogen-bond donors (Lipinski definition) is 2. The average Bonchev–Trinajstić information content (AvgIpc) is 2.86. The van der Waals surface area contributed by atoms with E-state index in [1.807, 2.05) is 18.3 Å². The standard InChI is InChI=1S/C26H20ClFN4O3/c27-19-5-9-21(10-6-19)32-26(34)25(24(16-30-32)31-22(13-14-33)15-29-31)35-23-11-3-18(4-12-23)17-1-7-20(28)8-2-17/h1-12,15-16,29,33H,13-14H2/p+1. The van der Waals surface area contributed by atoms with E-state index in [0.717, 1.165) is 16.8 Å². The first-order valence-corrected chi connectivity index (χ1v) is 11.3. The topological polar surface area (TPSA) is 84.2 Å². The van der Waals surface area contributed by atoms with E-state index in [4.69, 9.17) is 16.3 Å². The summed E-state index contributed by atoms with van der Waals surface area (Å²) in [4.78, 5) is 13.5. The third-order valence-corrected chi connectivity index (χ3v) is 5.84. The molecule has 0 amide bonds. The Morgan fingerprint density at radius 1 is 0.971 bits per heavy atom. The zero-order valence-electron chi connectivity index (χ0n) is 18.4. The lowest BCUT2D eigenvalue weighted by molar-refractivity contribution is -0.622. The van der Waals surface area contributed by atoms with Gasteiger partial charge in [-0.15, -0.1) is 0 Å². The largest absolute Gasteiger partial charge is 0.449 e. The number of quaternary nitrogens is 1. The van der Waals surface area contributed by atoms with Gasteiger partial charge in [-0.3, -0.25) is 4.79 Å². The molecule has 5 rings (SSSR count). The number of rotatable bonds is 7. The number of aliphatic hydroxyl groups excluding tert-OH is 1. The number of aromatic nitrogens is 2. The number of ether oxygens (including phenoxy) is 1. The third-order valence-electron chi connectivity index (χ3n) is 5.59. The molecule has 2 heterocycles. The fourth-order valence-electron chi connectivity index (χ4n) is 3.75. The Bertz CT molecular complexity index is 1440. The summed E-state index contributed by atoms with van der Waals surface area (Å²) in [7, 11) is 0. The van der Waals surface area contributed by atoms with Crippen molar-refractivity contribution in [3.8, 4) is 28.3 Å². The van der Waals surface area contributed by atoms with E-state index in [1.165, 1.54) is 16.8 Å². The molecule has 4 aromatic rings. The average molecular weight is 492 g/mol. The molecule has 3 N–H and O–H groups in total. The van der Waals surface area contributed by atoms with Gasteiger partial charge in [0.2, 0.25) is 5.75 Å². The highest BCUT2D eigenvalue weighted by Crippen LogP contribution is 2.32. The Hall–Kier alpha value is -3.98. The smallest absolute Gasteiger partial charge is 0.316 e. The molecule has 3 aromatic carbocycles. The van der Waals surface area contributed by atoms with E-state index in [1.54, 1.807) is 65.2 Å². The third kappa shape index (κ3) is 4.67. The summed E-state index contributed by atoms with van der Waals surface area (Å²) in [6.07, 6.45) is 3.85. The molecular weight excluding hydrogens is 471 g/mol. The van der Waals surface area contributed by atoms with Crippen LogP contribution in [0.4, 0.5) is 10.1 Å². The molecule has 0 unspecified atom stereocenters. The highest BCUT2D eigenvalue weighted by molar-refractivity contribution is 6.30. The van der Waals surface area contributed by atoms with Gasteiger partial charge in [-0.05, 0) is 59.7 Å². The molecule has 0 bridgehead atoms. The highest BCUT2D eigenvalue weighted by Gasteiger charge is 2.30. The number of nitrogens with two attached hydrogens (primary N) is 1. The van der Waals surface area contributed by atoms with Crippen LogP contribution in [0.3, 0.4) is 0 Å². The van der Waals surface area contributed by atoms with E-state index >= 15 is 0 Å². The molecule has 1 aromatic heterocycles. The molecule has 176 valence electrons. The van der Waals surface area contributed by atoms with Gasteiger partial charge in [0.25, 0.3) is 0 Å². The SMILES string of the molecule is O=c1c(Oc2ccc(-c3ccc(F)cc3)cc2)c(N2[NH2+]C=C2CCO)cnn1-c1ccc(Cl)cc1. The summed E-state index contributed by atoms with van der Waals surface area (Å²) in [5.41, 5.74) is 4.94. The second-order valence-electron chi connectivity index (χ2n) is 7.84. The van der Waals surface area contributed by atoms with Gasteiger partial charge >= 0.3 is 5.56 Å². The van der Waals surface area contributed by atoms with Crippen molar-refractivity contribution >= 4 is 17.3 Å². The number of benzene rings is 3. The number of nitrogens with zero attached hydrogens (tertiary/aromatic N) is 3. The van der Waals surface area contributed by atoms with Crippen LogP contribution in [-0.4, -0.2) is 21.5 Å². The van der Waals surface area contributed by atoms with Gasteiger partial charge < -0.3 is 9.84 Å². The summed E-state index contributed by atoms with van der Waals surface area (Å²) < 4.78 is 20.6. The number of aliphatic hydroxyl groups is 1. The molecular formula is C26H21ClFN4O3+. The van der Waals surface area contributed by atoms with Crippen molar-refractivity contribution in [1.29, 1.82) is 0 Å². The first-order valence-electron chi connectivity index (χ1n) is 10.9. The van der Waals surface area contributed by atoms with E-state index in [0.29, 0.717) is 28.6 Å². The van der Waals surface area contributed by atoms with Gasteiger partial charge in [0.05, 0.1) is 11.9 Å². The fourth-order valence-corrected chi connectivity index (χ4v) is 3.87. The van der Waals surface area contributed by atoms with E-state index in [-0.39, 0.29) is 18.2 Å². The molecule has 35 heavy (non-hydrogen) atoms. The minimum atomic E-state index is -0.448. The molecule has 0 saturated heterocycles. The Kier molecular flexibility index (Phi) is 6.33. The van der Waals surface area contributed by atoms with Crippen molar-refractivity contribution < 1.29 is 19.7 Å². The van der Waals surface area contributed by atoms with Gasteiger partial charge in [-0.2, -0.15) is 14.8 Å². The molecule has 0 spiro atoms. The minimum Gasteiger partial charge on any atom is -0.449 e. The first-order chi connectivity index (χ1) is 17.0. The number of hydrogen-bond acceptors (Lipinski definition) is 5. The van der Waals surface area contributed by atoms with Crippen LogP contribution in [0.5, 0.6) is 11.5 Å². The Labute approximate surface area is 205 Å². The monoisotopic (exact) mass is 491 g/mol. The maximum absolute atomic E-state index is 13.5. The normalized spacial score (nSPS) is 12.8. The summed E-state index contributed by atoms with van der Waals surface area (Å²) in [5, 5.41) is 16.0. The maximum Gasteiger partial charge on any atom is 0.316 e. The molecule has 0 fully saturated rings. The van der Waals surface area contributed by atoms with Crippen LogP contribution in [0.2, 0.25) is 5.02 Å². The van der Waals surface area contributed by atoms with Gasteiger partial charge in [-0.25, -0.2) is 9.82 Å². The molecule has 1 aliphatic rings. The lowest BCUT2D eigenvalue weighted by atomic mass is 10.1. The van der Waals surface area contributed by atoms with Crippen molar-refractivity contribution in [3.05, 3.63) is 112 Å². The molecule has 1 aliphatic heterocycles. The second-order valence-corrected chi connectivity index (χ2v) is 8.27. The van der Waals surface area contributed by atoms with Gasteiger partial charge in [-0.1, -0.05) is 35.9 Å². The van der Waals surface area contributed by atoms with Crippen LogP contribution in [0.25, 0.3) is 16.8 Å². The Balaban J connectivity index is 1.52. The van der Waals surface area contributed by atoms with E-state index in [9.17, 15) is 14.3 Å². The lowest BCUT2D eigenvalue weighted by Gasteiger charge is -2.29. The fraction of sp³-hybridized carbons (Fsp3) is 0.0769. The van der Waals surface area contributed by atoms with Crippen molar-refractivity contribution in [2.75, 3.05) is 11.6 Å². The summed E-state index contributed by atoms with van der Waals surface area (Å²) in [6.45, 7) is -0.0213. The van der Waals surface area contributed by atoms with Crippen LogP contribution in [0.1, 0.15) is 6.42 Å². The Morgan fingerprint density at radius 3 is 2.23 bits per heavy atom. The molecule has 7 nitrogen and oxygen atoms in total. The highest BCUT2D eigenvalue weighted by atomic mass is 35.5. The van der Waals surface area contributed by atoms with Crippen molar-refractivity contribution in [3.63, 3.8) is 0 Å². The molecule has 0 saturated carbocycles. The molecule has 0 atom stereocenters. The lowest BCUT2D eigenvalue weighted by Crippen LogP contribution is -2.96. The van der Waals surface area contributed by atoms with Crippen LogP contribution < -0.4 is 20.7 Å². The van der Waals surface area contributed by atoms with Gasteiger partial charge in [0.1, 0.15) is 23.5 Å². The van der Waals surface area contributed by atoms with Crippen LogP contribution >= 0.6 is 11.6 Å². The molecule has 0 aliphatic carbocycles. The first kappa shape index (κ1) is 22.8. The summed E-state index contributed by atoms with van der Waals surface area (Å²) >= 11 is 5.99. The van der Waals surface area contributed by atoms with Gasteiger partial charge in [0, 0.05) is 18.1 Å². The molecule has 9 heteroatoms. The van der Waals surface area contributed by atoms with E-state index < -0.39 is 5.56 Å². The summed E-state index contributed by atoms with van der Waals surface area (Å²) in [5.74, 6) is 0.244. The maximum atomic E-state index is 13.5. The predicted molar refractivity (Wildman–Crippen MR) is 131 cm³/mol. The van der Waals surface area contributed by atoms with Crippen molar-refractivity contribution in [2.24, 2.45) is 0 Å². The van der Waals surface area contributed by atoms with E-state index in [2.05, 4.69) is 5.10 Å². The Morgan fingerprint density at radius 2 is 1.63 bits per heavy atom. The quantitative estimate of drug-likeness (QED) is 0.382. The van der Waals surface area contributed by atoms with Crippen LogP contribution in [0.15, 0.2) is 95.7 Å².